The Balaban J connectivity index is 1.66. The van der Waals surface area contributed by atoms with E-state index in [1.54, 1.807) is 0 Å². The van der Waals surface area contributed by atoms with Crippen molar-refractivity contribution in [3.63, 3.8) is 0 Å². The zero-order valence-electron chi connectivity index (χ0n) is 15.2. The molecule has 1 aliphatic heterocycles. The van der Waals surface area contributed by atoms with Crippen molar-refractivity contribution in [2.75, 3.05) is 30.8 Å². The first-order chi connectivity index (χ1) is 13.2. The van der Waals surface area contributed by atoms with Gasteiger partial charge in [-0.3, -0.25) is 9.59 Å². The van der Waals surface area contributed by atoms with E-state index in [4.69, 9.17) is 11.6 Å². The number of piperazine rings is 1. The first-order valence-electron chi connectivity index (χ1n) is 8.62. The monoisotopic (exact) mass is 421 g/mol. The maximum Gasteiger partial charge on any atom is 0.253 e. The molecule has 0 atom stereocenters. The number of carbonyl (C=O) groups excluding carboxylic acids is 2. The van der Waals surface area contributed by atoms with E-state index in [0.717, 1.165) is 24.1 Å². The third-order valence-electron chi connectivity index (χ3n) is 4.40. The maximum absolute atomic E-state index is 12.4. The van der Waals surface area contributed by atoms with E-state index in [9.17, 15) is 18.0 Å². The molecule has 2 aromatic carbocycles. The predicted molar refractivity (Wildman–Crippen MR) is 107 cm³/mol. The molecule has 0 aliphatic carbocycles. The highest BCUT2D eigenvalue weighted by atomic mass is 35.5. The van der Waals surface area contributed by atoms with Crippen LogP contribution in [0.4, 0.5) is 5.69 Å². The molecule has 2 aromatic rings. The molecule has 0 bridgehead atoms. The van der Waals surface area contributed by atoms with Crippen molar-refractivity contribution in [2.45, 2.75) is 11.4 Å². The summed E-state index contributed by atoms with van der Waals surface area (Å²) in [6, 6.07) is 11.6. The number of hydrogen-bond donors (Lipinski definition) is 2. The molecule has 1 aliphatic rings. The van der Waals surface area contributed by atoms with Crippen LogP contribution in [0.5, 0.6) is 0 Å². The molecule has 1 fully saturated rings. The second-order valence-corrected chi connectivity index (χ2v) is 8.96. The van der Waals surface area contributed by atoms with Gasteiger partial charge in [0.15, 0.2) is 9.84 Å². The van der Waals surface area contributed by atoms with Crippen LogP contribution in [-0.2, 0) is 21.2 Å². The van der Waals surface area contributed by atoms with Gasteiger partial charge in [-0.05, 0) is 35.9 Å². The Labute approximate surface area is 168 Å². The standard InChI is InChI=1S/C19H20ClN3O4S/c1-28(26,27)15-6-7-17(20)16(10-15)19(25)22-11-13-2-4-14(5-3-13)23-9-8-21-18(24)12-23/h2-7,10H,8-9,11-12H2,1H3,(H,21,24)(H,22,25). The molecule has 0 spiro atoms. The fraction of sp³-hybridized carbons (Fsp3) is 0.263. The van der Waals surface area contributed by atoms with Crippen molar-refractivity contribution in [1.29, 1.82) is 0 Å². The first-order valence-corrected chi connectivity index (χ1v) is 10.9. The van der Waals surface area contributed by atoms with Crippen molar-refractivity contribution >= 4 is 38.9 Å². The van der Waals surface area contributed by atoms with E-state index in [1.165, 1.54) is 18.2 Å². The number of hydrogen-bond acceptors (Lipinski definition) is 5. The zero-order chi connectivity index (χ0) is 20.3. The second kappa shape index (κ2) is 8.20. The van der Waals surface area contributed by atoms with Crippen LogP contribution in [0.3, 0.4) is 0 Å². The lowest BCUT2D eigenvalue weighted by Crippen LogP contribution is -2.47. The number of sulfone groups is 1. The maximum atomic E-state index is 12.4. The van der Waals surface area contributed by atoms with Crippen molar-refractivity contribution in [1.82, 2.24) is 10.6 Å². The van der Waals surface area contributed by atoms with E-state index >= 15 is 0 Å². The average molecular weight is 422 g/mol. The number of amides is 2. The minimum Gasteiger partial charge on any atom is -0.360 e. The first kappa shape index (κ1) is 20.2. The van der Waals surface area contributed by atoms with Gasteiger partial charge in [-0.15, -0.1) is 0 Å². The summed E-state index contributed by atoms with van der Waals surface area (Å²) < 4.78 is 23.4. The molecular weight excluding hydrogens is 402 g/mol. The summed E-state index contributed by atoms with van der Waals surface area (Å²) in [5.74, 6) is -0.455. The third-order valence-corrected chi connectivity index (χ3v) is 5.84. The summed E-state index contributed by atoms with van der Waals surface area (Å²) in [4.78, 5) is 25.9. The lowest BCUT2D eigenvalue weighted by molar-refractivity contribution is -0.120. The summed E-state index contributed by atoms with van der Waals surface area (Å²) in [7, 11) is -3.43. The molecule has 7 nitrogen and oxygen atoms in total. The van der Waals surface area contributed by atoms with Crippen LogP contribution in [-0.4, -0.2) is 46.1 Å². The summed E-state index contributed by atoms with van der Waals surface area (Å²) in [5.41, 5.74) is 1.92. The van der Waals surface area contributed by atoms with Gasteiger partial charge in [-0.25, -0.2) is 8.42 Å². The van der Waals surface area contributed by atoms with Gasteiger partial charge < -0.3 is 15.5 Å². The number of benzene rings is 2. The summed E-state index contributed by atoms with van der Waals surface area (Å²) in [6.45, 7) is 1.95. The van der Waals surface area contributed by atoms with Crippen LogP contribution in [0.15, 0.2) is 47.4 Å². The summed E-state index contributed by atoms with van der Waals surface area (Å²) in [5, 5.41) is 5.71. The van der Waals surface area contributed by atoms with Crippen LogP contribution in [0.25, 0.3) is 0 Å². The van der Waals surface area contributed by atoms with Gasteiger partial charge in [0, 0.05) is 31.6 Å². The SMILES string of the molecule is CS(=O)(=O)c1ccc(Cl)c(C(=O)NCc2ccc(N3CCNC(=O)C3)cc2)c1. The van der Waals surface area contributed by atoms with E-state index < -0.39 is 15.7 Å². The molecule has 3 rings (SSSR count). The van der Waals surface area contributed by atoms with Gasteiger partial charge in [0.2, 0.25) is 5.91 Å². The minimum atomic E-state index is -3.43. The molecule has 1 saturated heterocycles. The average Bonchev–Trinajstić information content (AvgIpc) is 2.66. The Bertz CT molecular complexity index is 1010. The molecule has 2 N–H and O–H groups in total. The number of anilines is 1. The summed E-state index contributed by atoms with van der Waals surface area (Å²) >= 11 is 6.05. The number of halogens is 1. The van der Waals surface area contributed by atoms with E-state index in [2.05, 4.69) is 10.6 Å². The van der Waals surface area contributed by atoms with Crippen molar-refractivity contribution in [3.05, 3.63) is 58.6 Å². The highest BCUT2D eigenvalue weighted by Crippen LogP contribution is 2.21. The molecule has 0 radical (unpaired) electrons. The number of nitrogens with zero attached hydrogens (tertiary/aromatic N) is 1. The Morgan fingerprint density at radius 1 is 1.21 bits per heavy atom. The normalized spacial score (nSPS) is 14.5. The molecule has 2 amide bonds. The molecule has 28 heavy (non-hydrogen) atoms. The van der Waals surface area contributed by atoms with Gasteiger partial charge >= 0.3 is 0 Å². The summed E-state index contributed by atoms with van der Waals surface area (Å²) in [6.07, 6.45) is 1.07. The van der Waals surface area contributed by atoms with Crippen molar-refractivity contribution < 1.29 is 18.0 Å². The smallest absolute Gasteiger partial charge is 0.253 e. The minimum absolute atomic E-state index is 0.00390. The van der Waals surface area contributed by atoms with E-state index in [-0.39, 0.29) is 27.9 Å². The molecule has 0 saturated carbocycles. The molecule has 1 heterocycles. The van der Waals surface area contributed by atoms with Gasteiger partial charge in [-0.1, -0.05) is 23.7 Å². The van der Waals surface area contributed by atoms with Gasteiger partial charge in [0.25, 0.3) is 5.91 Å². The van der Waals surface area contributed by atoms with Crippen molar-refractivity contribution in [3.8, 4) is 0 Å². The van der Waals surface area contributed by atoms with Gasteiger partial charge in [-0.2, -0.15) is 0 Å². The van der Waals surface area contributed by atoms with Crippen LogP contribution in [0.2, 0.25) is 5.02 Å². The fourth-order valence-electron chi connectivity index (χ4n) is 2.87. The van der Waals surface area contributed by atoms with Crippen LogP contribution < -0.4 is 15.5 Å². The van der Waals surface area contributed by atoms with Crippen LogP contribution in [0.1, 0.15) is 15.9 Å². The van der Waals surface area contributed by atoms with Crippen molar-refractivity contribution in [2.24, 2.45) is 0 Å². The largest absolute Gasteiger partial charge is 0.360 e. The predicted octanol–water partition coefficient (Wildman–Crippen LogP) is 1.61. The molecule has 148 valence electrons. The highest BCUT2D eigenvalue weighted by Gasteiger charge is 2.17. The lowest BCUT2D eigenvalue weighted by Gasteiger charge is -2.28. The zero-order valence-corrected chi connectivity index (χ0v) is 16.8. The fourth-order valence-corrected chi connectivity index (χ4v) is 3.72. The Kier molecular flexibility index (Phi) is 5.90. The third kappa shape index (κ3) is 4.82. The molecular formula is C19H20ClN3O4S. The highest BCUT2D eigenvalue weighted by molar-refractivity contribution is 7.90. The Morgan fingerprint density at radius 2 is 1.93 bits per heavy atom. The Hall–Kier alpha value is -2.58. The lowest BCUT2D eigenvalue weighted by atomic mass is 10.1. The molecule has 9 heteroatoms. The Morgan fingerprint density at radius 3 is 2.57 bits per heavy atom. The number of nitrogens with one attached hydrogen (secondary N) is 2. The quantitative estimate of drug-likeness (QED) is 0.764. The molecule has 0 unspecified atom stereocenters. The van der Waals surface area contributed by atoms with E-state index in [0.29, 0.717) is 13.1 Å². The second-order valence-electron chi connectivity index (χ2n) is 6.53. The van der Waals surface area contributed by atoms with E-state index in [1.807, 2.05) is 29.2 Å². The topological polar surface area (TPSA) is 95.6 Å². The van der Waals surface area contributed by atoms with Crippen LogP contribution in [0, 0.1) is 0 Å². The van der Waals surface area contributed by atoms with Gasteiger partial charge in [0.05, 0.1) is 22.0 Å². The van der Waals surface area contributed by atoms with Crippen LogP contribution >= 0.6 is 11.6 Å². The van der Waals surface area contributed by atoms with Gasteiger partial charge in [0.1, 0.15) is 0 Å². The number of carbonyl (C=O) groups is 2. The molecule has 0 aromatic heterocycles. The number of rotatable bonds is 5.